The molecule has 0 N–H and O–H groups in total. The maximum Gasteiger partial charge on any atom is 0.303 e. The fourth-order valence-corrected chi connectivity index (χ4v) is 3.37. The predicted molar refractivity (Wildman–Crippen MR) is 81.1 cm³/mol. The van der Waals surface area contributed by atoms with E-state index in [9.17, 15) is 9.59 Å². The summed E-state index contributed by atoms with van der Waals surface area (Å²) in [5.74, 6) is -0.321. The topological polar surface area (TPSA) is 111 Å². The summed E-state index contributed by atoms with van der Waals surface area (Å²) in [4.78, 5) is 25.4. The molecule has 22 heavy (non-hydrogen) atoms. The minimum atomic E-state index is -0.796. The molecule has 0 bridgehead atoms. The van der Waals surface area contributed by atoms with Crippen molar-refractivity contribution in [1.82, 2.24) is 0 Å². The molecule has 1 heterocycles. The number of ether oxygens (including phenoxy) is 3. The van der Waals surface area contributed by atoms with Crippen LogP contribution in [0.2, 0.25) is 0 Å². The zero-order valence-electron chi connectivity index (χ0n) is 13.1. The van der Waals surface area contributed by atoms with Crippen LogP contribution in [0.1, 0.15) is 27.7 Å². The third kappa shape index (κ3) is 5.08. The molecule has 0 aliphatic carbocycles. The van der Waals surface area contributed by atoms with Crippen molar-refractivity contribution in [3.8, 4) is 0 Å². The Labute approximate surface area is 133 Å². The highest BCUT2D eigenvalue weighted by molar-refractivity contribution is 7.99. The van der Waals surface area contributed by atoms with Crippen LogP contribution in [0.3, 0.4) is 0 Å². The Balaban J connectivity index is 3.06. The highest BCUT2D eigenvalue weighted by atomic mass is 32.2. The van der Waals surface area contributed by atoms with E-state index in [2.05, 4.69) is 10.0 Å². The van der Waals surface area contributed by atoms with Gasteiger partial charge in [-0.15, -0.1) is 11.8 Å². The molecule has 8 nitrogen and oxygen atoms in total. The fourth-order valence-electron chi connectivity index (χ4n) is 2.36. The van der Waals surface area contributed by atoms with E-state index in [1.807, 2.05) is 13.8 Å². The van der Waals surface area contributed by atoms with Crippen LogP contribution in [0.4, 0.5) is 0 Å². The van der Waals surface area contributed by atoms with Gasteiger partial charge in [0.05, 0.1) is 6.54 Å². The van der Waals surface area contributed by atoms with Gasteiger partial charge in [-0.2, -0.15) is 0 Å². The number of carbonyl (C=O) groups is 2. The van der Waals surface area contributed by atoms with Crippen LogP contribution in [0.25, 0.3) is 10.4 Å². The van der Waals surface area contributed by atoms with Crippen molar-refractivity contribution in [2.75, 3.05) is 12.3 Å². The quantitative estimate of drug-likeness (QED) is 0.319. The Kier molecular flexibility index (Phi) is 7.50. The van der Waals surface area contributed by atoms with Gasteiger partial charge in [0.25, 0.3) is 0 Å². The highest BCUT2D eigenvalue weighted by Gasteiger charge is 2.47. The van der Waals surface area contributed by atoms with E-state index in [0.29, 0.717) is 0 Å². The molecule has 1 aliphatic rings. The van der Waals surface area contributed by atoms with Gasteiger partial charge in [0.1, 0.15) is 17.6 Å². The van der Waals surface area contributed by atoms with Crippen molar-refractivity contribution < 1.29 is 23.8 Å². The van der Waals surface area contributed by atoms with E-state index in [4.69, 9.17) is 19.7 Å². The lowest BCUT2D eigenvalue weighted by Gasteiger charge is -2.43. The zero-order valence-corrected chi connectivity index (χ0v) is 13.9. The molecule has 1 aliphatic heterocycles. The van der Waals surface area contributed by atoms with Gasteiger partial charge < -0.3 is 14.2 Å². The summed E-state index contributed by atoms with van der Waals surface area (Å²) < 4.78 is 16.5. The largest absolute Gasteiger partial charge is 0.458 e. The predicted octanol–water partition coefficient (Wildman–Crippen LogP) is 2.27. The molecule has 2 unspecified atom stereocenters. The Bertz CT molecular complexity index is 455. The van der Waals surface area contributed by atoms with Crippen LogP contribution in [-0.2, 0) is 23.8 Å². The number of thioether (sulfide) groups is 1. The smallest absolute Gasteiger partial charge is 0.303 e. The van der Waals surface area contributed by atoms with Crippen LogP contribution in [0.15, 0.2) is 5.11 Å². The molecule has 9 heteroatoms. The van der Waals surface area contributed by atoms with Gasteiger partial charge in [-0.05, 0) is 11.3 Å². The first-order valence-electron chi connectivity index (χ1n) is 7.03. The van der Waals surface area contributed by atoms with E-state index < -0.39 is 30.3 Å². The maximum absolute atomic E-state index is 11.4. The van der Waals surface area contributed by atoms with Crippen molar-refractivity contribution in [3.63, 3.8) is 0 Å². The number of esters is 2. The first-order valence-corrected chi connectivity index (χ1v) is 8.07. The number of carbonyl (C=O) groups excluding carboxylic acids is 2. The standard InChI is InChI=1S/C13H21N3O5S/c1-5-22-13-7(2)11(19-8(3)17)12(20-9(4)18)10(21-13)6-15-16-14/h7,10-13H,5-6H2,1-4H3/t7-,10?,11+,12+,13?/m0/s1. The van der Waals surface area contributed by atoms with Crippen LogP contribution >= 0.6 is 11.8 Å². The van der Waals surface area contributed by atoms with Crippen molar-refractivity contribution >= 4 is 23.7 Å². The molecule has 0 radical (unpaired) electrons. The van der Waals surface area contributed by atoms with E-state index in [1.165, 1.54) is 13.8 Å². The molecule has 0 aromatic carbocycles. The Morgan fingerprint density at radius 2 is 1.86 bits per heavy atom. The van der Waals surface area contributed by atoms with Gasteiger partial charge in [-0.25, -0.2) is 0 Å². The molecular formula is C13H21N3O5S. The fraction of sp³-hybridized carbons (Fsp3) is 0.846. The van der Waals surface area contributed by atoms with Crippen molar-refractivity contribution in [3.05, 3.63) is 10.4 Å². The highest BCUT2D eigenvalue weighted by Crippen LogP contribution is 2.36. The number of hydrogen-bond donors (Lipinski definition) is 0. The summed E-state index contributed by atoms with van der Waals surface area (Å²) in [6.45, 7) is 6.44. The molecular weight excluding hydrogens is 310 g/mol. The number of hydrogen-bond acceptors (Lipinski definition) is 7. The number of rotatable bonds is 6. The Morgan fingerprint density at radius 3 is 2.36 bits per heavy atom. The van der Waals surface area contributed by atoms with E-state index in [-0.39, 0.29) is 17.9 Å². The Hall–Kier alpha value is -1.44. The first-order chi connectivity index (χ1) is 10.4. The van der Waals surface area contributed by atoms with Crippen molar-refractivity contribution in [1.29, 1.82) is 0 Å². The minimum absolute atomic E-state index is 0.000292. The molecule has 0 amide bonds. The van der Waals surface area contributed by atoms with Gasteiger partial charge >= 0.3 is 11.9 Å². The van der Waals surface area contributed by atoms with E-state index in [0.717, 1.165) is 5.75 Å². The molecule has 0 spiro atoms. The van der Waals surface area contributed by atoms with E-state index in [1.54, 1.807) is 11.8 Å². The second kappa shape index (κ2) is 8.87. The number of azide groups is 1. The second-order valence-corrected chi connectivity index (χ2v) is 6.29. The van der Waals surface area contributed by atoms with Gasteiger partial charge in [-0.1, -0.05) is 19.0 Å². The maximum atomic E-state index is 11.4. The molecule has 1 rings (SSSR count). The lowest BCUT2D eigenvalue weighted by Crippen LogP contribution is -2.56. The third-order valence-electron chi connectivity index (χ3n) is 3.21. The average Bonchev–Trinajstić information content (AvgIpc) is 2.43. The van der Waals surface area contributed by atoms with Gasteiger partial charge in [-0.3, -0.25) is 9.59 Å². The number of nitrogens with zero attached hydrogens (tertiary/aromatic N) is 3. The van der Waals surface area contributed by atoms with E-state index >= 15 is 0 Å². The van der Waals surface area contributed by atoms with Crippen molar-refractivity contribution in [2.24, 2.45) is 11.0 Å². The second-order valence-electron chi connectivity index (χ2n) is 4.92. The van der Waals surface area contributed by atoms with Gasteiger partial charge in [0.2, 0.25) is 0 Å². The van der Waals surface area contributed by atoms with Crippen LogP contribution in [0, 0.1) is 5.92 Å². The SMILES string of the molecule is CCSC1OC(CN=[N+]=[N-])[C@@H](OC(C)=O)[C@H](OC(C)=O)[C@@H]1C. The lowest BCUT2D eigenvalue weighted by molar-refractivity contribution is -0.208. The summed E-state index contributed by atoms with van der Waals surface area (Å²) >= 11 is 1.56. The van der Waals surface area contributed by atoms with Crippen LogP contribution in [0.5, 0.6) is 0 Å². The summed E-state index contributed by atoms with van der Waals surface area (Å²) in [7, 11) is 0. The summed E-state index contributed by atoms with van der Waals surface area (Å²) in [6, 6.07) is 0. The van der Waals surface area contributed by atoms with Crippen molar-refractivity contribution in [2.45, 2.75) is 51.4 Å². The third-order valence-corrected chi connectivity index (χ3v) is 4.41. The monoisotopic (exact) mass is 331 g/mol. The average molecular weight is 331 g/mol. The molecule has 124 valence electrons. The normalized spacial score (nSPS) is 31.0. The molecule has 0 saturated carbocycles. The summed E-state index contributed by atoms with van der Waals surface area (Å²) in [5.41, 5.74) is 8.27. The zero-order chi connectivity index (χ0) is 16.7. The molecule has 1 fully saturated rings. The molecule has 5 atom stereocenters. The molecule has 0 aromatic rings. The van der Waals surface area contributed by atoms with Gasteiger partial charge in [0, 0.05) is 24.7 Å². The molecule has 1 saturated heterocycles. The van der Waals surface area contributed by atoms with Crippen LogP contribution < -0.4 is 0 Å². The van der Waals surface area contributed by atoms with Crippen LogP contribution in [-0.4, -0.2) is 48.0 Å². The first kappa shape index (κ1) is 18.6. The summed E-state index contributed by atoms with van der Waals surface area (Å²) in [5, 5.41) is 3.50. The van der Waals surface area contributed by atoms with Gasteiger partial charge in [0.15, 0.2) is 6.10 Å². The lowest BCUT2D eigenvalue weighted by atomic mass is 9.93. The minimum Gasteiger partial charge on any atom is -0.458 e. The summed E-state index contributed by atoms with van der Waals surface area (Å²) in [6.07, 6.45) is -2.09. The Morgan fingerprint density at radius 1 is 1.27 bits per heavy atom. The molecule has 0 aromatic heterocycles.